The topological polar surface area (TPSA) is 41.1 Å². The zero-order valence-electron chi connectivity index (χ0n) is 10.6. The fourth-order valence-electron chi connectivity index (χ4n) is 1.71. The summed E-state index contributed by atoms with van der Waals surface area (Å²) in [5.41, 5.74) is 3.48. The molecule has 0 radical (unpaired) electrons. The molecular weight excluding hydrogens is 339 g/mol. The average Bonchev–Trinajstić information content (AvgIpc) is 2.34. The van der Waals surface area contributed by atoms with Crippen molar-refractivity contribution < 1.29 is 0 Å². The van der Waals surface area contributed by atoms with Crippen LogP contribution in [0.3, 0.4) is 0 Å². The van der Waals surface area contributed by atoms with E-state index in [4.69, 9.17) is 0 Å². The highest BCUT2D eigenvalue weighted by atomic mass is 127. The minimum atomic E-state index is 0.833. The molecule has 0 unspecified atom stereocenters. The van der Waals surface area contributed by atoms with E-state index >= 15 is 0 Å². The molecule has 0 spiro atoms. The normalized spacial score (nSPS) is 10.2. The summed E-state index contributed by atoms with van der Waals surface area (Å²) >= 11 is 2.22. The molecule has 0 fully saturated rings. The molecule has 2 aromatic rings. The lowest BCUT2D eigenvalue weighted by molar-refractivity contribution is 1.11. The van der Waals surface area contributed by atoms with Crippen LogP contribution in [0.25, 0.3) is 0 Å². The Kier molecular flexibility index (Phi) is 4.00. The second kappa shape index (κ2) is 5.51. The van der Waals surface area contributed by atoms with Crippen LogP contribution < -0.4 is 10.2 Å². The number of halogens is 1. The fourth-order valence-corrected chi connectivity index (χ4v) is 2.15. The third kappa shape index (κ3) is 2.90. The first-order valence-electron chi connectivity index (χ1n) is 5.58. The van der Waals surface area contributed by atoms with Crippen LogP contribution in [0.15, 0.2) is 30.7 Å². The first-order valence-corrected chi connectivity index (χ1v) is 6.66. The molecule has 0 bridgehead atoms. The van der Waals surface area contributed by atoms with Gasteiger partial charge in [0.25, 0.3) is 0 Å². The van der Waals surface area contributed by atoms with Crippen molar-refractivity contribution in [3.63, 3.8) is 0 Å². The Morgan fingerprint density at radius 1 is 1.28 bits per heavy atom. The number of aromatic nitrogens is 2. The number of rotatable bonds is 3. The lowest BCUT2D eigenvalue weighted by Gasteiger charge is -2.17. The van der Waals surface area contributed by atoms with Gasteiger partial charge >= 0.3 is 0 Å². The van der Waals surface area contributed by atoms with Gasteiger partial charge in [0.05, 0.1) is 3.57 Å². The van der Waals surface area contributed by atoms with Crippen molar-refractivity contribution >= 4 is 39.8 Å². The molecule has 5 heteroatoms. The van der Waals surface area contributed by atoms with Crippen molar-refractivity contribution in [3.8, 4) is 0 Å². The highest BCUT2D eigenvalue weighted by molar-refractivity contribution is 14.1. The SMILES string of the molecule is Cc1ccc(Nc2ncncc2I)cc1N(C)C. The van der Waals surface area contributed by atoms with Gasteiger partial charge in [0, 0.05) is 31.7 Å². The maximum Gasteiger partial charge on any atom is 0.147 e. The Hall–Kier alpha value is -1.37. The van der Waals surface area contributed by atoms with Crippen molar-refractivity contribution in [2.24, 2.45) is 0 Å². The molecular formula is C13H15IN4. The van der Waals surface area contributed by atoms with Gasteiger partial charge in [0.2, 0.25) is 0 Å². The van der Waals surface area contributed by atoms with Crippen LogP contribution in [0.1, 0.15) is 5.56 Å². The van der Waals surface area contributed by atoms with Crippen molar-refractivity contribution in [1.29, 1.82) is 0 Å². The van der Waals surface area contributed by atoms with E-state index in [0.717, 1.165) is 15.1 Å². The van der Waals surface area contributed by atoms with E-state index in [0.29, 0.717) is 0 Å². The minimum absolute atomic E-state index is 0.833. The van der Waals surface area contributed by atoms with Gasteiger partial charge in [-0.3, -0.25) is 0 Å². The van der Waals surface area contributed by atoms with Crippen LogP contribution in [0, 0.1) is 10.5 Å². The van der Waals surface area contributed by atoms with Gasteiger partial charge in [-0.05, 0) is 47.2 Å². The van der Waals surface area contributed by atoms with Gasteiger partial charge in [0.1, 0.15) is 12.1 Å². The summed E-state index contributed by atoms with van der Waals surface area (Å²) in [5, 5.41) is 3.31. The minimum Gasteiger partial charge on any atom is -0.377 e. The van der Waals surface area contributed by atoms with E-state index < -0.39 is 0 Å². The van der Waals surface area contributed by atoms with E-state index in [9.17, 15) is 0 Å². The molecule has 0 atom stereocenters. The molecule has 4 nitrogen and oxygen atoms in total. The van der Waals surface area contributed by atoms with Gasteiger partial charge in [-0.1, -0.05) is 6.07 Å². The van der Waals surface area contributed by atoms with Gasteiger partial charge in [-0.2, -0.15) is 0 Å². The predicted molar refractivity (Wildman–Crippen MR) is 83.5 cm³/mol. The summed E-state index contributed by atoms with van der Waals surface area (Å²) in [6, 6.07) is 6.28. The van der Waals surface area contributed by atoms with E-state index in [1.165, 1.54) is 11.3 Å². The lowest BCUT2D eigenvalue weighted by Crippen LogP contribution is -2.10. The van der Waals surface area contributed by atoms with E-state index in [1.54, 1.807) is 12.5 Å². The maximum atomic E-state index is 4.23. The number of anilines is 3. The summed E-state index contributed by atoms with van der Waals surface area (Å²) < 4.78 is 1.00. The smallest absolute Gasteiger partial charge is 0.147 e. The van der Waals surface area contributed by atoms with Crippen LogP contribution >= 0.6 is 22.6 Å². The van der Waals surface area contributed by atoms with Gasteiger partial charge < -0.3 is 10.2 Å². The number of nitrogens with one attached hydrogen (secondary N) is 1. The van der Waals surface area contributed by atoms with Crippen LogP contribution in [-0.2, 0) is 0 Å². The molecule has 18 heavy (non-hydrogen) atoms. The Balaban J connectivity index is 2.30. The first kappa shape index (κ1) is 13.1. The molecule has 0 saturated heterocycles. The predicted octanol–water partition coefficient (Wildman–Crippen LogP) is 3.20. The Labute approximate surface area is 121 Å². The molecule has 0 saturated carbocycles. The molecule has 0 aliphatic heterocycles. The zero-order valence-corrected chi connectivity index (χ0v) is 12.8. The largest absolute Gasteiger partial charge is 0.377 e. The summed E-state index contributed by atoms with van der Waals surface area (Å²) in [5.74, 6) is 0.833. The number of aryl methyl sites for hydroxylation is 1. The molecule has 1 heterocycles. The molecule has 94 valence electrons. The Bertz CT molecular complexity index is 554. The number of hydrogen-bond donors (Lipinski definition) is 1. The summed E-state index contributed by atoms with van der Waals surface area (Å²) in [6.07, 6.45) is 3.34. The summed E-state index contributed by atoms with van der Waals surface area (Å²) in [4.78, 5) is 10.3. The van der Waals surface area contributed by atoms with Crippen LogP contribution in [0.2, 0.25) is 0 Å². The van der Waals surface area contributed by atoms with Crippen LogP contribution in [0.4, 0.5) is 17.2 Å². The third-order valence-electron chi connectivity index (χ3n) is 2.62. The zero-order chi connectivity index (χ0) is 13.1. The molecule has 0 amide bonds. The third-order valence-corrected chi connectivity index (χ3v) is 3.41. The Morgan fingerprint density at radius 2 is 2.06 bits per heavy atom. The van der Waals surface area contributed by atoms with E-state index in [1.807, 2.05) is 14.1 Å². The van der Waals surface area contributed by atoms with Crippen LogP contribution in [-0.4, -0.2) is 24.1 Å². The molecule has 1 N–H and O–H groups in total. The molecule has 1 aromatic carbocycles. The van der Waals surface area contributed by atoms with Crippen molar-refractivity contribution in [2.75, 3.05) is 24.3 Å². The van der Waals surface area contributed by atoms with Crippen molar-refractivity contribution in [1.82, 2.24) is 9.97 Å². The molecule has 1 aromatic heterocycles. The highest BCUT2D eigenvalue weighted by Gasteiger charge is 2.05. The summed E-state index contributed by atoms with van der Waals surface area (Å²) in [7, 11) is 4.08. The Morgan fingerprint density at radius 3 is 2.72 bits per heavy atom. The maximum absolute atomic E-state index is 4.23. The molecule has 0 aliphatic rings. The highest BCUT2D eigenvalue weighted by Crippen LogP contribution is 2.25. The number of benzene rings is 1. The van der Waals surface area contributed by atoms with Crippen LogP contribution in [0.5, 0.6) is 0 Å². The number of hydrogen-bond acceptors (Lipinski definition) is 4. The van der Waals surface area contributed by atoms with Gasteiger partial charge in [0.15, 0.2) is 0 Å². The van der Waals surface area contributed by atoms with E-state index in [2.05, 4.69) is 67.9 Å². The second-order valence-electron chi connectivity index (χ2n) is 4.24. The standard InChI is InChI=1S/C13H15IN4/c1-9-4-5-10(6-12(9)18(2)3)17-13-11(14)7-15-8-16-13/h4-8H,1-3H3,(H,15,16,17). The monoisotopic (exact) mass is 354 g/mol. The van der Waals surface area contributed by atoms with E-state index in [-0.39, 0.29) is 0 Å². The summed E-state index contributed by atoms with van der Waals surface area (Å²) in [6.45, 7) is 2.10. The second-order valence-corrected chi connectivity index (χ2v) is 5.40. The van der Waals surface area contributed by atoms with Crippen molar-refractivity contribution in [3.05, 3.63) is 39.9 Å². The van der Waals surface area contributed by atoms with Gasteiger partial charge in [-0.15, -0.1) is 0 Å². The lowest BCUT2D eigenvalue weighted by atomic mass is 10.1. The molecule has 0 aliphatic carbocycles. The molecule has 2 rings (SSSR count). The van der Waals surface area contributed by atoms with Crippen molar-refractivity contribution in [2.45, 2.75) is 6.92 Å². The quantitative estimate of drug-likeness (QED) is 0.860. The number of nitrogens with zero attached hydrogens (tertiary/aromatic N) is 3. The first-order chi connectivity index (χ1) is 8.58. The average molecular weight is 354 g/mol. The fraction of sp³-hybridized carbons (Fsp3) is 0.231. The van der Waals surface area contributed by atoms with Gasteiger partial charge in [-0.25, -0.2) is 9.97 Å².